The minimum Gasteiger partial charge on any atom is -0.455 e. The predicted octanol–water partition coefficient (Wildman–Crippen LogP) is 36.2. The molecule has 6 heterocycles. The lowest BCUT2D eigenvalue weighted by molar-refractivity contribution is 0.590. The molecule has 0 amide bonds. The third kappa shape index (κ3) is 14.5. The molecule has 0 spiro atoms. The molecule has 698 valence electrons. The lowest BCUT2D eigenvalue weighted by Crippen LogP contribution is -2.61. The molecule has 2 aliphatic rings. The van der Waals surface area contributed by atoms with Crippen molar-refractivity contribution in [3.05, 3.63) is 465 Å². The van der Waals surface area contributed by atoms with E-state index >= 15 is 0 Å². The van der Waals surface area contributed by atoms with Crippen molar-refractivity contribution < 1.29 is 8.83 Å². The largest absolute Gasteiger partial charge is 0.455 e. The van der Waals surface area contributed by atoms with Crippen LogP contribution in [0.15, 0.2) is 452 Å². The first-order valence-electron chi connectivity index (χ1n) is 50.9. The van der Waals surface area contributed by atoms with E-state index in [1.165, 1.54) is 22.3 Å². The number of anilines is 12. The van der Waals surface area contributed by atoms with Crippen LogP contribution in [0, 0.1) is 0 Å². The molecule has 0 saturated carbocycles. The average molecular weight is 1870 g/mol. The van der Waals surface area contributed by atoms with Gasteiger partial charge in [-0.05, 0) is 234 Å². The van der Waals surface area contributed by atoms with E-state index in [1.54, 1.807) is 0 Å². The highest BCUT2D eigenvalue weighted by Crippen LogP contribution is 2.60. The number of benzene rings is 20. The maximum Gasteiger partial charge on any atom is 0.252 e. The van der Waals surface area contributed by atoms with Gasteiger partial charge in [-0.3, -0.25) is 0 Å². The van der Waals surface area contributed by atoms with E-state index in [2.05, 4.69) is 555 Å². The second-order valence-corrected chi connectivity index (χ2v) is 43.5. The molecule has 0 radical (unpaired) electrons. The molecule has 20 aromatic carbocycles. The summed E-state index contributed by atoms with van der Waals surface area (Å²) in [5.41, 5.74) is 39.5. The summed E-state index contributed by atoms with van der Waals surface area (Å²) >= 11 is 0. The Balaban J connectivity index is 0.895. The Labute approximate surface area is 847 Å². The van der Waals surface area contributed by atoms with E-state index in [0.717, 1.165) is 239 Å². The van der Waals surface area contributed by atoms with Crippen molar-refractivity contribution >= 4 is 179 Å². The number of nitrogens with zero attached hydrogens (tertiary/aromatic N) is 6. The van der Waals surface area contributed by atoms with E-state index in [1.807, 2.05) is 0 Å². The van der Waals surface area contributed by atoms with Crippen molar-refractivity contribution in [1.82, 2.24) is 9.13 Å². The first kappa shape index (κ1) is 88.1. The average Bonchev–Trinajstić information content (AvgIpc) is 1.66. The Morgan fingerprint density at radius 3 is 0.807 bits per heavy atom. The Morgan fingerprint density at radius 1 is 0.221 bits per heavy atom. The smallest absolute Gasteiger partial charge is 0.252 e. The van der Waals surface area contributed by atoms with Gasteiger partial charge in [-0.15, -0.1) is 0 Å². The van der Waals surface area contributed by atoms with Gasteiger partial charge >= 0.3 is 0 Å². The van der Waals surface area contributed by atoms with Gasteiger partial charge in [0.1, 0.15) is 22.3 Å². The van der Waals surface area contributed by atoms with Crippen molar-refractivity contribution in [3.8, 4) is 67.0 Å². The van der Waals surface area contributed by atoms with Gasteiger partial charge in [0.05, 0.1) is 55.6 Å². The summed E-state index contributed by atoms with van der Waals surface area (Å²) in [6.07, 6.45) is 0. The fourth-order valence-corrected chi connectivity index (χ4v) is 23.3. The lowest BCUT2D eigenvalue weighted by atomic mass is 9.33. The van der Waals surface area contributed by atoms with Gasteiger partial charge in [-0.2, -0.15) is 0 Å². The summed E-state index contributed by atoms with van der Waals surface area (Å²) in [6, 6.07) is 167. The van der Waals surface area contributed by atoms with Gasteiger partial charge in [0.25, 0.3) is 6.71 Å². The topological polar surface area (TPSA) is 49.1 Å². The normalized spacial score (nSPS) is 12.8. The second-order valence-electron chi connectivity index (χ2n) is 43.5. The molecule has 0 aliphatic carbocycles. The van der Waals surface area contributed by atoms with Crippen LogP contribution in [-0.4, -0.2) is 15.8 Å². The first-order valence-corrected chi connectivity index (χ1v) is 50.9. The van der Waals surface area contributed by atoms with E-state index in [0.29, 0.717) is 0 Å². The molecule has 2 aliphatic heterocycles. The molecule has 0 unspecified atom stereocenters. The molecule has 0 atom stereocenters. The highest BCUT2D eigenvalue weighted by molar-refractivity contribution is 7.00. The summed E-state index contributed by atoms with van der Waals surface area (Å²) in [5.74, 6) is 0. The molecule has 4 aromatic heterocycles. The van der Waals surface area contributed by atoms with Crippen LogP contribution in [0.5, 0.6) is 0 Å². The first-order chi connectivity index (χ1) is 70.5. The number of hydrogen-bond donors (Lipinski definition) is 0. The third-order valence-electron chi connectivity index (χ3n) is 30.5. The minimum absolute atomic E-state index is 0.119. The second kappa shape index (κ2) is 33.8. The van der Waals surface area contributed by atoms with Crippen LogP contribution in [-0.2, 0) is 21.7 Å². The third-order valence-corrected chi connectivity index (χ3v) is 30.5. The number of para-hydroxylation sites is 6. The summed E-state index contributed by atoms with van der Waals surface area (Å²) in [4.78, 5) is 10.5. The Bertz CT molecular complexity index is 8520. The molecule has 8 nitrogen and oxygen atoms in total. The number of fused-ring (bicyclic) bond motifs is 16. The number of hydrogen-bond acceptors (Lipinski definition) is 6. The number of aromatic nitrogens is 2. The van der Waals surface area contributed by atoms with Crippen LogP contribution < -0.4 is 36.0 Å². The Morgan fingerprint density at radius 2 is 0.497 bits per heavy atom. The summed E-state index contributed by atoms with van der Waals surface area (Å²) < 4.78 is 20.7. The Kier molecular flexibility index (Phi) is 20.5. The van der Waals surface area contributed by atoms with Crippen molar-refractivity contribution in [2.45, 2.75) is 105 Å². The Hall–Kier alpha value is -17.1. The van der Waals surface area contributed by atoms with Crippen LogP contribution in [0.4, 0.5) is 68.2 Å². The molecule has 145 heavy (non-hydrogen) atoms. The van der Waals surface area contributed by atoms with E-state index < -0.39 is 6.71 Å². The monoisotopic (exact) mass is 1870 g/mol. The molecule has 9 heteroatoms. The maximum absolute atomic E-state index is 7.77. The predicted molar refractivity (Wildman–Crippen MR) is 615 cm³/mol. The van der Waals surface area contributed by atoms with Gasteiger partial charge in [0.2, 0.25) is 0 Å². The van der Waals surface area contributed by atoms with Crippen molar-refractivity contribution in [1.29, 1.82) is 0 Å². The standard InChI is InChI=1S/C136H109BN6O2/c1-133(2,3)91-60-68-95(69-61-91)138(96-70-62-92(63-71-96)134(4,5)6)99-76-78-111-119(82-99)142(129-107(86-38-17-13-18-39-86)84-109(88-42-21-15-22-43-88)131-126(129)105-50-29-35-58-123(105)144-131)121-80-90(125-117(140-113-52-31-25-46-101(113)102-47-26-32-53-114(102)140)56-37-57-118(125)141-115-54-33-27-48-103(115)104-49-28-34-55-116(104)141)81-122-128(121)137(111)112-79-77-100(139(97-72-64-93(65-73-97)135(7,8)9)98-74-66-94(67-75-98)136(10,11)12)83-120(112)143(122)130-108(87-40-19-14-20-41-87)85-110(89-44-23-16-24-45-89)132-127(130)106-51-30-36-59-124(106)145-132/h13-85H,1-12H3. The summed E-state index contributed by atoms with van der Waals surface area (Å²) in [7, 11) is 0. The SMILES string of the molecule is CC(C)(C)c1ccc(N(c2ccc(C(C)(C)C)cc2)c2ccc3c(c2)N(c2c(-c4ccccc4)cc(-c4ccccc4)c4oc5ccccc5c24)c2cc(-c4c(-n5c6ccccc6c6ccccc65)cccc4-n4c5ccccc5c5ccccc54)cc4c2B3c2ccc(N(c3ccc(C(C)(C)C)cc3)c3ccc(C(C)(C)C)cc3)cc2N4c2c(-c3ccccc3)cc(-c3ccccc3)c3oc4ccccc4c23)cc1. The molecule has 0 fully saturated rings. The quantitative estimate of drug-likeness (QED) is 0.0954. The van der Waals surface area contributed by atoms with E-state index in [9.17, 15) is 0 Å². The molecular weight excluding hydrogens is 1760 g/mol. The van der Waals surface area contributed by atoms with Gasteiger partial charge < -0.3 is 37.6 Å². The number of rotatable bonds is 15. The highest BCUT2D eigenvalue weighted by Gasteiger charge is 2.48. The van der Waals surface area contributed by atoms with Gasteiger partial charge in [-0.1, -0.05) is 380 Å². The van der Waals surface area contributed by atoms with Crippen molar-refractivity contribution in [3.63, 3.8) is 0 Å². The van der Waals surface area contributed by atoms with Crippen molar-refractivity contribution in [2.75, 3.05) is 19.6 Å². The molecule has 26 rings (SSSR count). The fraction of sp³-hybridized carbons (Fsp3) is 0.118. The van der Waals surface area contributed by atoms with Crippen molar-refractivity contribution in [2.24, 2.45) is 0 Å². The molecule has 24 aromatic rings. The highest BCUT2D eigenvalue weighted by atomic mass is 16.3. The van der Waals surface area contributed by atoms with Gasteiger partial charge in [0, 0.05) is 117 Å². The zero-order valence-corrected chi connectivity index (χ0v) is 83.7. The van der Waals surface area contributed by atoms with Crippen LogP contribution in [0.2, 0.25) is 0 Å². The van der Waals surface area contributed by atoms with E-state index in [4.69, 9.17) is 8.83 Å². The molecule has 0 N–H and O–H groups in total. The fourth-order valence-electron chi connectivity index (χ4n) is 23.3. The maximum atomic E-state index is 7.77. The zero-order chi connectivity index (χ0) is 98.2. The zero-order valence-electron chi connectivity index (χ0n) is 83.7. The molecule has 0 bridgehead atoms. The number of furan rings is 2. The van der Waals surface area contributed by atoms with Crippen LogP contribution >= 0.6 is 0 Å². The van der Waals surface area contributed by atoms with E-state index in [-0.39, 0.29) is 21.7 Å². The van der Waals surface area contributed by atoms with Crippen LogP contribution in [0.3, 0.4) is 0 Å². The molecular formula is C136H109BN6O2. The van der Waals surface area contributed by atoms with Gasteiger partial charge in [0.15, 0.2) is 0 Å². The molecule has 0 saturated heterocycles. The van der Waals surface area contributed by atoms with Gasteiger partial charge in [-0.25, -0.2) is 0 Å². The summed E-state index contributed by atoms with van der Waals surface area (Å²) in [6.45, 7) is 27.2. The summed E-state index contributed by atoms with van der Waals surface area (Å²) in [5, 5.41) is 8.58. The van der Waals surface area contributed by atoms with Crippen LogP contribution in [0.1, 0.15) is 105 Å². The lowest BCUT2D eigenvalue weighted by Gasteiger charge is -2.46. The van der Waals surface area contributed by atoms with Crippen LogP contribution in [0.25, 0.3) is 154 Å². The minimum atomic E-state index is -0.499.